The van der Waals surface area contributed by atoms with Crippen molar-refractivity contribution < 1.29 is 14.3 Å². The van der Waals surface area contributed by atoms with Crippen LogP contribution in [0.25, 0.3) is 22.1 Å². The van der Waals surface area contributed by atoms with E-state index in [1.807, 2.05) is 24.0 Å². The summed E-state index contributed by atoms with van der Waals surface area (Å²) in [4.78, 5) is 34.4. The molecule has 0 bridgehead atoms. The van der Waals surface area contributed by atoms with Crippen LogP contribution in [0.3, 0.4) is 0 Å². The van der Waals surface area contributed by atoms with Crippen molar-refractivity contribution in [2.75, 3.05) is 32.0 Å². The molecule has 9 nitrogen and oxygen atoms in total. The zero-order chi connectivity index (χ0) is 31.3. The van der Waals surface area contributed by atoms with Gasteiger partial charge < -0.3 is 19.1 Å². The van der Waals surface area contributed by atoms with Crippen LogP contribution in [0.1, 0.15) is 30.9 Å². The Morgan fingerprint density at radius 2 is 1.76 bits per heavy atom. The van der Waals surface area contributed by atoms with E-state index in [-0.39, 0.29) is 24.5 Å². The number of halogens is 1. The van der Waals surface area contributed by atoms with Gasteiger partial charge in [-0.15, -0.1) is 10.2 Å². The highest BCUT2D eigenvalue weighted by Crippen LogP contribution is 2.29. The summed E-state index contributed by atoms with van der Waals surface area (Å²) in [5, 5.41) is 11.2. The van der Waals surface area contributed by atoms with Crippen molar-refractivity contribution in [2.45, 2.75) is 44.4 Å². The summed E-state index contributed by atoms with van der Waals surface area (Å²) in [6.45, 7) is 6.24. The Hall–Kier alpha value is -4.15. The second-order valence-electron chi connectivity index (χ2n) is 11.3. The number of carbonyl (C=O) groups excluding carboxylic acids is 2. The molecule has 11 heteroatoms. The monoisotopic (exact) mass is 642 g/mol. The van der Waals surface area contributed by atoms with Crippen LogP contribution in [0, 0.1) is 6.92 Å². The summed E-state index contributed by atoms with van der Waals surface area (Å²) >= 11 is 7.43. The van der Waals surface area contributed by atoms with Crippen molar-refractivity contribution in [1.82, 2.24) is 29.5 Å². The number of ether oxygens (including phenoxy) is 1. The molecular weight excluding hydrogens is 608 g/mol. The number of nitrogens with zero attached hydrogens (tertiary/aromatic N) is 6. The standard InChI is InChI=1S/C34H35ClN6O3S/c1-23-8-3-4-9-25(23)21-41-29-11-6-5-10-28(29)32-33(41)36-34(38-37-32)45-19-7-12-30(42)39-17-18-40(24(2)20-39)31(43)22-44-27-15-13-26(35)14-16-27/h3-6,8-11,13-16,24H,7,12,17-22H2,1-2H3. The number of aryl methyl sites for hydroxylation is 1. The lowest BCUT2D eigenvalue weighted by atomic mass is 10.1. The smallest absolute Gasteiger partial charge is 0.260 e. The number of thioether (sulfide) groups is 1. The summed E-state index contributed by atoms with van der Waals surface area (Å²) < 4.78 is 7.84. The molecule has 1 unspecified atom stereocenters. The Morgan fingerprint density at radius 1 is 0.978 bits per heavy atom. The average molecular weight is 643 g/mol. The number of rotatable bonds is 10. The summed E-state index contributed by atoms with van der Waals surface area (Å²) in [6, 6.07) is 23.4. The fourth-order valence-electron chi connectivity index (χ4n) is 5.73. The fraction of sp³-hybridized carbons (Fsp3) is 0.324. The van der Waals surface area contributed by atoms with E-state index in [2.05, 4.69) is 58.1 Å². The van der Waals surface area contributed by atoms with Crippen LogP contribution in [0.5, 0.6) is 5.75 Å². The van der Waals surface area contributed by atoms with E-state index in [1.165, 1.54) is 22.9 Å². The Kier molecular flexibility index (Phi) is 9.51. The molecule has 1 saturated heterocycles. The van der Waals surface area contributed by atoms with Crippen LogP contribution in [-0.2, 0) is 16.1 Å². The molecule has 0 spiro atoms. The number of carbonyl (C=O) groups is 2. The van der Waals surface area contributed by atoms with Crippen LogP contribution in [-0.4, -0.2) is 79.4 Å². The first-order chi connectivity index (χ1) is 21.9. The minimum Gasteiger partial charge on any atom is -0.484 e. The maximum atomic E-state index is 13.0. The van der Waals surface area contributed by atoms with Gasteiger partial charge in [-0.1, -0.05) is 65.8 Å². The van der Waals surface area contributed by atoms with Gasteiger partial charge in [0.05, 0.1) is 5.52 Å². The van der Waals surface area contributed by atoms with Crippen molar-refractivity contribution in [3.05, 3.63) is 88.9 Å². The quantitative estimate of drug-likeness (QED) is 0.136. The first kappa shape index (κ1) is 30.9. The number of amides is 2. The van der Waals surface area contributed by atoms with Gasteiger partial charge in [-0.3, -0.25) is 9.59 Å². The third-order valence-corrected chi connectivity index (χ3v) is 9.36. The molecule has 6 rings (SSSR count). The molecular formula is C34H35ClN6O3S. The van der Waals surface area contributed by atoms with Gasteiger partial charge in [-0.2, -0.15) is 0 Å². The van der Waals surface area contributed by atoms with E-state index in [4.69, 9.17) is 21.3 Å². The van der Waals surface area contributed by atoms with E-state index in [0.717, 1.165) is 22.1 Å². The first-order valence-corrected chi connectivity index (χ1v) is 16.5. The Balaban J connectivity index is 1.02. The molecule has 0 saturated carbocycles. The van der Waals surface area contributed by atoms with Gasteiger partial charge >= 0.3 is 0 Å². The van der Waals surface area contributed by atoms with E-state index in [9.17, 15) is 9.59 Å². The van der Waals surface area contributed by atoms with Gasteiger partial charge in [-0.25, -0.2) is 4.98 Å². The molecule has 1 atom stereocenters. The fourth-order valence-corrected chi connectivity index (χ4v) is 6.57. The van der Waals surface area contributed by atoms with Gasteiger partial charge in [0.25, 0.3) is 5.91 Å². The summed E-state index contributed by atoms with van der Waals surface area (Å²) in [7, 11) is 0. The minimum atomic E-state index is -0.0931. The van der Waals surface area contributed by atoms with Crippen molar-refractivity contribution in [1.29, 1.82) is 0 Å². The highest BCUT2D eigenvalue weighted by molar-refractivity contribution is 7.99. The lowest BCUT2D eigenvalue weighted by Gasteiger charge is -2.39. The second-order valence-corrected chi connectivity index (χ2v) is 12.8. The predicted octanol–water partition coefficient (Wildman–Crippen LogP) is 6.00. The molecule has 0 radical (unpaired) electrons. The SMILES string of the molecule is Cc1ccccc1Cn1c2ccccc2c2nnc(SCCCC(=O)N3CCN(C(=O)COc4ccc(Cl)cc4)C(C)C3)nc21. The third kappa shape index (κ3) is 7.07. The molecule has 0 aliphatic carbocycles. The van der Waals surface area contributed by atoms with Gasteiger partial charge in [0, 0.05) is 54.8 Å². The summed E-state index contributed by atoms with van der Waals surface area (Å²) in [5.41, 5.74) is 5.15. The highest BCUT2D eigenvalue weighted by atomic mass is 35.5. The predicted molar refractivity (Wildman–Crippen MR) is 178 cm³/mol. The van der Waals surface area contributed by atoms with Crippen molar-refractivity contribution in [3.8, 4) is 5.75 Å². The molecule has 3 heterocycles. The maximum Gasteiger partial charge on any atom is 0.260 e. The van der Waals surface area contributed by atoms with Gasteiger partial charge in [0.15, 0.2) is 12.3 Å². The average Bonchev–Trinajstić information content (AvgIpc) is 3.36. The number of hydrogen-bond acceptors (Lipinski definition) is 7. The Labute approximate surface area is 271 Å². The number of fused-ring (bicyclic) bond motifs is 3. The van der Waals surface area contributed by atoms with Crippen LogP contribution in [0.2, 0.25) is 5.02 Å². The van der Waals surface area contributed by atoms with Crippen LogP contribution < -0.4 is 4.74 Å². The van der Waals surface area contributed by atoms with E-state index in [1.54, 1.807) is 29.2 Å². The molecule has 2 aromatic heterocycles. The van der Waals surface area contributed by atoms with Crippen molar-refractivity contribution >= 4 is 57.2 Å². The largest absolute Gasteiger partial charge is 0.484 e. The first-order valence-electron chi connectivity index (χ1n) is 15.1. The normalized spacial score (nSPS) is 15.1. The highest BCUT2D eigenvalue weighted by Gasteiger charge is 2.29. The lowest BCUT2D eigenvalue weighted by molar-refractivity contribution is -0.143. The zero-order valence-corrected chi connectivity index (χ0v) is 26.9. The van der Waals surface area contributed by atoms with E-state index < -0.39 is 0 Å². The van der Waals surface area contributed by atoms with E-state index in [0.29, 0.717) is 60.7 Å². The third-order valence-electron chi connectivity index (χ3n) is 8.19. The molecule has 1 aliphatic rings. The number of benzene rings is 3. The topological polar surface area (TPSA) is 93.5 Å². The Bertz CT molecular complexity index is 1830. The minimum absolute atomic E-state index is 0.0491. The maximum absolute atomic E-state index is 13.0. The van der Waals surface area contributed by atoms with Gasteiger partial charge in [-0.05, 0) is 61.7 Å². The molecule has 5 aromatic rings. The number of para-hydroxylation sites is 1. The molecule has 3 aromatic carbocycles. The van der Waals surface area contributed by atoms with Crippen molar-refractivity contribution in [3.63, 3.8) is 0 Å². The molecule has 2 amide bonds. The summed E-state index contributed by atoms with van der Waals surface area (Å²) in [5.74, 6) is 1.30. The van der Waals surface area contributed by atoms with Crippen LogP contribution in [0.15, 0.2) is 78.0 Å². The molecule has 232 valence electrons. The Morgan fingerprint density at radius 3 is 2.56 bits per heavy atom. The molecule has 1 fully saturated rings. The number of piperazine rings is 1. The van der Waals surface area contributed by atoms with Crippen LogP contribution in [0.4, 0.5) is 0 Å². The van der Waals surface area contributed by atoms with E-state index >= 15 is 0 Å². The molecule has 0 N–H and O–H groups in total. The molecule has 1 aliphatic heterocycles. The van der Waals surface area contributed by atoms with Gasteiger partial charge in [0.1, 0.15) is 11.3 Å². The number of aromatic nitrogens is 4. The van der Waals surface area contributed by atoms with Crippen LogP contribution >= 0.6 is 23.4 Å². The zero-order valence-electron chi connectivity index (χ0n) is 25.4. The number of hydrogen-bond donors (Lipinski definition) is 0. The lowest BCUT2D eigenvalue weighted by Crippen LogP contribution is -2.56. The summed E-state index contributed by atoms with van der Waals surface area (Å²) in [6.07, 6.45) is 1.12. The molecule has 45 heavy (non-hydrogen) atoms. The van der Waals surface area contributed by atoms with Gasteiger partial charge in [0.2, 0.25) is 11.1 Å². The second kappa shape index (κ2) is 13.9. The van der Waals surface area contributed by atoms with Crippen molar-refractivity contribution in [2.24, 2.45) is 0 Å².